The van der Waals surface area contributed by atoms with Crippen LogP contribution >= 0.6 is 0 Å². The molecule has 9 heteroatoms. The maximum atomic E-state index is 12.8. The van der Waals surface area contributed by atoms with E-state index in [-0.39, 0.29) is 29.8 Å². The fourth-order valence-electron chi connectivity index (χ4n) is 3.68. The third-order valence-electron chi connectivity index (χ3n) is 5.33. The minimum absolute atomic E-state index is 0.0623. The first-order chi connectivity index (χ1) is 13.5. The van der Waals surface area contributed by atoms with Crippen LogP contribution in [0.2, 0.25) is 0 Å². The van der Waals surface area contributed by atoms with Gasteiger partial charge in [0.1, 0.15) is 5.60 Å². The van der Waals surface area contributed by atoms with Crippen LogP contribution in [-0.2, 0) is 23.9 Å². The van der Waals surface area contributed by atoms with E-state index in [0.29, 0.717) is 6.42 Å². The molecule has 1 saturated heterocycles. The number of rotatable bonds is 7. The number of alkyl carbamates (subject to hydrolysis) is 1. The Morgan fingerprint density at radius 1 is 1.24 bits per heavy atom. The molecule has 1 spiro atoms. The SMILES string of the molecule is CC(=O)OC(C(=O)NC1CC1)[C@H](C[C@@H]1CC2(CC2)NC1=O)NC(=O)OC(C)(C)C. The first-order valence-corrected chi connectivity index (χ1v) is 10.3. The molecule has 2 saturated carbocycles. The van der Waals surface area contributed by atoms with E-state index in [4.69, 9.17) is 9.47 Å². The predicted molar refractivity (Wildman–Crippen MR) is 103 cm³/mol. The summed E-state index contributed by atoms with van der Waals surface area (Å²) in [5.41, 5.74) is -0.865. The van der Waals surface area contributed by atoms with Crippen LogP contribution in [0.25, 0.3) is 0 Å². The molecule has 0 aromatic carbocycles. The number of ether oxygens (including phenoxy) is 2. The monoisotopic (exact) mass is 409 g/mol. The van der Waals surface area contributed by atoms with Gasteiger partial charge in [-0.2, -0.15) is 0 Å². The lowest BCUT2D eigenvalue weighted by atomic mass is 9.92. The highest BCUT2D eigenvalue weighted by Gasteiger charge is 2.53. The quantitative estimate of drug-likeness (QED) is 0.542. The Labute approximate surface area is 170 Å². The second-order valence-corrected chi connectivity index (χ2v) is 9.47. The van der Waals surface area contributed by atoms with Crippen molar-refractivity contribution >= 4 is 23.9 Å². The molecule has 3 aliphatic rings. The average molecular weight is 409 g/mol. The number of amides is 3. The molecular formula is C20H31N3O6. The second kappa shape index (κ2) is 7.84. The van der Waals surface area contributed by atoms with E-state index in [0.717, 1.165) is 25.7 Å². The summed E-state index contributed by atoms with van der Waals surface area (Å²) in [7, 11) is 0. The van der Waals surface area contributed by atoms with Crippen molar-refractivity contribution in [2.75, 3.05) is 0 Å². The molecule has 162 valence electrons. The standard InChI is InChI=1S/C20H31N3O6/c1-11(24)28-15(17(26)21-13-5-6-13)14(22-18(27)29-19(2,3)4)9-12-10-20(7-8-20)23-16(12)25/h12-15H,5-10H2,1-4H3,(H,21,26)(H,22,27)(H,23,25)/t12-,14+,15?/m1/s1. The summed E-state index contributed by atoms with van der Waals surface area (Å²) >= 11 is 0. The molecule has 0 radical (unpaired) electrons. The molecule has 0 aromatic heterocycles. The normalized spacial score (nSPS) is 24.3. The van der Waals surface area contributed by atoms with Crippen molar-refractivity contribution in [1.29, 1.82) is 0 Å². The molecule has 3 atom stereocenters. The van der Waals surface area contributed by atoms with Gasteiger partial charge in [-0.1, -0.05) is 0 Å². The smallest absolute Gasteiger partial charge is 0.408 e. The van der Waals surface area contributed by atoms with Gasteiger partial charge in [-0.05, 0) is 59.3 Å². The van der Waals surface area contributed by atoms with Crippen molar-refractivity contribution in [3.63, 3.8) is 0 Å². The molecule has 0 aromatic rings. The first kappa shape index (κ1) is 21.4. The highest BCUT2D eigenvalue weighted by atomic mass is 16.6. The fraction of sp³-hybridized carbons (Fsp3) is 0.800. The summed E-state index contributed by atoms with van der Waals surface area (Å²) in [6.45, 7) is 6.40. The van der Waals surface area contributed by atoms with E-state index in [1.807, 2.05) is 0 Å². The zero-order chi connectivity index (χ0) is 21.4. The molecule has 3 rings (SSSR count). The maximum absolute atomic E-state index is 12.8. The summed E-state index contributed by atoms with van der Waals surface area (Å²) in [5.74, 6) is -1.57. The van der Waals surface area contributed by atoms with Crippen molar-refractivity contribution in [3.8, 4) is 0 Å². The third kappa shape index (κ3) is 6.08. The molecular weight excluding hydrogens is 378 g/mol. The lowest BCUT2D eigenvalue weighted by Crippen LogP contribution is -2.54. The van der Waals surface area contributed by atoms with Crippen LogP contribution in [-0.4, -0.2) is 53.2 Å². The maximum Gasteiger partial charge on any atom is 0.408 e. The van der Waals surface area contributed by atoms with E-state index in [1.54, 1.807) is 20.8 Å². The van der Waals surface area contributed by atoms with Gasteiger partial charge in [0.15, 0.2) is 6.10 Å². The van der Waals surface area contributed by atoms with Gasteiger partial charge in [0.25, 0.3) is 5.91 Å². The van der Waals surface area contributed by atoms with Crippen LogP contribution in [0.1, 0.15) is 66.2 Å². The summed E-state index contributed by atoms with van der Waals surface area (Å²) < 4.78 is 10.6. The second-order valence-electron chi connectivity index (χ2n) is 9.47. The topological polar surface area (TPSA) is 123 Å². The van der Waals surface area contributed by atoms with Gasteiger partial charge in [0.05, 0.1) is 6.04 Å². The summed E-state index contributed by atoms with van der Waals surface area (Å²) in [5, 5.41) is 8.50. The highest BCUT2D eigenvalue weighted by molar-refractivity contribution is 5.86. The van der Waals surface area contributed by atoms with E-state index < -0.39 is 35.7 Å². The van der Waals surface area contributed by atoms with E-state index in [2.05, 4.69) is 16.0 Å². The van der Waals surface area contributed by atoms with Crippen molar-refractivity contribution in [2.45, 2.75) is 95.5 Å². The van der Waals surface area contributed by atoms with Crippen LogP contribution in [0.3, 0.4) is 0 Å². The number of hydrogen-bond donors (Lipinski definition) is 3. The zero-order valence-corrected chi connectivity index (χ0v) is 17.5. The molecule has 2 aliphatic carbocycles. The van der Waals surface area contributed by atoms with Crippen molar-refractivity contribution in [1.82, 2.24) is 16.0 Å². The molecule has 9 nitrogen and oxygen atoms in total. The number of hydrogen-bond acceptors (Lipinski definition) is 6. The Balaban J connectivity index is 1.76. The van der Waals surface area contributed by atoms with Gasteiger partial charge in [-0.15, -0.1) is 0 Å². The van der Waals surface area contributed by atoms with E-state index in [9.17, 15) is 19.2 Å². The van der Waals surface area contributed by atoms with Gasteiger partial charge < -0.3 is 25.4 Å². The molecule has 1 heterocycles. The molecule has 3 amide bonds. The van der Waals surface area contributed by atoms with Gasteiger partial charge in [-0.25, -0.2) is 4.79 Å². The van der Waals surface area contributed by atoms with Crippen molar-refractivity contribution in [2.24, 2.45) is 5.92 Å². The Kier molecular flexibility index (Phi) is 5.78. The Bertz CT molecular complexity index is 693. The summed E-state index contributed by atoms with van der Waals surface area (Å²) in [4.78, 5) is 49.2. The molecule has 29 heavy (non-hydrogen) atoms. The van der Waals surface area contributed by atoms with Crippen LogP contribution in [0.5, 0.6) is 0 Å². The van der Waals surface area contributed by atoms with Gasteiger partial charge in [0.2, 0.25) is 5.91 Å². The number of carbonyl (C=O) groups is 4. The third-order valence-corrected chi connectivity index (χ3v) is 5.33. The Morgan fingerprint density at radius 3 is 2.38 bits per heavy atom. The molecule has 3 fully saturated rings. The number of esters is 1. The van der Waals surface area contributed by atoms with Crippen molar-refractivity contribution in [3.05, 3.63) is 0 Å². The first-order valence-electron chi connectivity index (χ1n) is 10.3. The van der Waals surface area contributed by atoms with Gasteiger partial charge in [0, 0.05) is 24.4 Å². The summed E-state index contributed by atoms with van der Waals surface area (Å²) in [6.07, 6.45) is 2.50. The van der Waals surface area contributed by atoms with Crippen LogP contribution < -0.4 is 16.0 Å². The average Bonchev–Trinajstić information content (AvgIpc) is 3.47. The van der Waals surface area contributed by atoms with Crippen LogP contribution in [0, 0.1) is 5.92 Å². The van der Waals surface area contributed by atoms with Crippen LogP contribution in [0.4, 0.5) is 4.79 Å². The predicted octanol–water partition coefficient (Wildman–Crippen LogP) is 1.15. The zero-order valence-electron chi connectivity index (χ0n) is 17.5. The Hall–Kier alpha value is -2.32. The molecule has 1 aliphatic heterocycles. The van der Waals surface area contributed by atoms with Gasteiger partial charge >= 0.3 is 12.1 Å². The minimum Gasteiger partial charge on any atom is -0.450 e. The number of carbonyl (C=O) groups excluding carboxylic acids is 4. The summed E-state index contributed by atoms with van der Waals surface area (Å²) in [6, 6.07) is -0.815. The van der Waals surface area contributed by atoms with Gasteiger partial charge in [-0.3, -0.25) is 14.4 Å². The molecule has 3 N–H and O–H groups in total. The largest absolute Gasteiger partial charge is 0.450 e. The van der Waals surface area contributed by atoms with Crippen molar-refractivity contribution < 1.29 is 28.7 Å². The van der Waals surface area contributed by atoms with Crippen LogP contribution in [0.15, 0.2) is 0 Å². The van der Waals surface area contributed by atoms with E-state index in [1.165, 1.54) is 6.92 Å². The lowest BCUT2D eigenvalue weighted by molar-refractivity contribution is -0.156. The van der Waals surface area contributed by atoms with E-state index >= 15 is 0 Å². The minimum atomic E-state index is -1.23. The lowest BCUT2D eigenvalue weighted by Gasteiger charge is -2.29. The molecule has 0 bridgehead atoms. The highest BCUT2D eigenvalue weighted by Crippen LogP contribution is 2.46. The Morgan fingerprint density at radius 2 is 1.90 bits per heavy atom. The number of nitrogens with one attached hydrogen (secondary N) is 3. The fourth-order valence-corrected chi connectivity index (χ4v) is 3.68. The molecule has 1 unspecified atom stereocenters.